The van der Waals surface area contributed by atoms with Crippen LogP contribution in [0.4, 0.5) is 17.6 Å². The van der Waals surface area contributed by atoms with Gasteiger partial charge in [0, 0.05) is 19.7 Å². The van der Waals surface area contributed by atoms with Crippen LogP contribution in [0.15, 0.2) is 32.6 Å². The van der Waals surface area contributed by atoms with Crippen LogP contribution in [-0.4, -0.2) is 25.9 Å². The van der Waals surface area contributed by atoms with E-state index in [1.54, 1.807) is 20.8 Å². The lowest BCUT2D eigenvalue weighted by Crippen LogP contribution is -2.54. The van der Waals surface area contributed by atoms with Crippen molar-refractivity contribution in [1.29, 1.82) is 0 Å². The number of aromatic nitrogens is 3. The Hall–Kier alpha value is -3.05. The maximum Gasteiger partial charge on any atom is 0.507 e. The zero-order valence-corrected chi connectivity index (χ0v) is 15.8. The van der Waals surface area contributed by atoms with Crippen molar-refractivity contribution in [3.8, 4) is 17.2 Å². The molecule has 0 bridgehead atoms. The Labute approximate surface area is 160 Å². The van der Waals surface area contributed by atoms with Gasteiger partial charge < -0.3 is 9.47 Å². The number of ether oxygens (including phenoxy) is 2. The van der Waals surface area contributed by atoms with Crippen molar-refractivity contribution in [2.45, 2.75) is 39.5 Å². The van der Waals surface area contributed by atoms with Crippen LogP contribution in [-0.2, 0) is 13.6 Å². The van der Waals surface area contributed by atoms with E-state index in [1.807, 2.05) is 0 Å². The van der Waals surface area contributed by atoms with Crippen molar-refractivity contribution in [1.82, 2.24) is 13.7 Å². The number of rotatable bonds is 2. The molecule has 0 saturated carbocycles. The summed E-state index contributed by atoms with van der Waals surface area (Å²) in [6.07, 6.45) is -9.85. The van der Waals surface area contributed by atoms with E-state index in [0.717, 1.165) is 29.8 Å². The highest BCUT2D eigenvalue weighted by Gasteiger charge is 2.65. The summed E-state index contributed by atoms with van der Waals surface area (Å²) in [5.41, 5.74) is -3.67. The van der Waals surface area contributed by atoms with Crippen LogP contribution in [0.25, 0.3) is 5.69 Å². The second-order valence-electron chi connectivity index (χ2n) is 7.76. The summed E-state index contributed by atoms with van der Waals surface area (Å²) < 4.78 is 63.5. The normalized spacial score (nSPS) is 17.2. The number of alkyl halides is 4. The molecule has 1 aromatic heterocycles. The lowest BCUT2D eigenvalue weighted by atomic mass is 9.97. The maximum atomic E-state index is 13.4. The van der Waals surface area contributed by atoms with Crippen LogP contribution in [0, 0.1) is 5.41 Å². The average Bonchev–Trinajstić information content (AvgIpc) is 2.57. The van der Waals surface area contributed by atoms with Crippen molar-refractivity contribution in [3.05, 3.63) is 49.7 Å². The van der Waals surface area contributed by atoms with Crippen LogP contribution >= 0.6 is 0 Å². The summed E-state index contributed by atoms with van der Waals surface area (Å²) >= 11 is 0. The lowest BCUT2D eigenvalue weighted by Gasteiger charge is -2.32. The van der Waals surface area contributed by atoms with E-state index < -0.39 is 46.2 Å². The number of benzene rings is 1. The standard InChI is InChI=1S/C17H17F4N3O5/c1-15(2,3)8-23-12(25)22(4)13(26)24(14(23)27)9-5-6-10-11(7-9)29-17(20,21)16(18,19)28-10/h5-7H,8H2,1-4H3. The van der Waals surface area contributed by atoms with Crippen molar-refractivity contribution in [2.24, 2.45) is 12.5 Å². The fourth-order valence-electron chi connectivity index (χ4n) is 2.72. The Balaban J connectivity index is 2.22. The molecule has 29 heavy (non-hydrogen) atoms. The van der Waals surface area contributed by atoms with E-state index >= 15 is 0 Å². The molecule has 1 aliphatic rings. The van der Waals surface area contributed by atoms with Gasteiger partial charge in [-0.1, -0.05) is 20.8 Å². The minimum Gasteiger partial charge on any atom is -0.421 e. The number of nitrogens with zero attached hydrogens (tertiary/aromatic N) is 3. The zero-order valence-electron chi connectivity index (χ0n) is 15.8. The topological polar surface area (TPSA) is 84.5 Å². The second-order valence-corrected chi connectivity index (χ2v) is 7.76. The third-order valence-electron chi connectivity index (χ3n) is 4.05. The first kappa shape index (κ1) is 20.7. The third kappa shape index (κ3) is 3.42. The van der Waals surface area contributed by atoms with Gasteiger partial charge in [0.2, 0.25) is 0 Å². The Morgan fingerprint density at radius 3 is 2.00 bits per heavy atom. The van der Waals surface area contributed by atoms with Gasteiger partial charge in [0.05, 0.1) is 5.69 Å². The first-order valence-corrected chi connectivity index (χ1v) is 8.36. The SMILES string of the molecule is Cn1c(=O)n(CC(C)(C)C)c(=O)n(-c2ccc3c(c2)OC(F)(F)C(F)(F)O3)c1=O. The first-order chi connectivity index (χ1) is 13.1. The molecule has 0 amide bonds. The molecule has 0 unspecified atom stereocenters. The molecule has 0 aliphatic carbocycles. The molecule has 1 aromatic carbocycles. The molecular formula is C17H17F4N3O5. The predicted octanol–water partition coefficient (Wildman–Crippen LogP) is 1.70. The van der Waals surface area contributed by atoms with Gasteiger partial charge in [-0.3, -0.25) is 0 Å². The van der Waals surface area contributed by atoms with E-state index in [0.29, 0.717) is 9.13 Å². The fraction of sp³-hybridized carbons (Fsp3) is 0.471. The Morgan fingerprint density at radius 1 is 0.897 bits per heavy atom. The van der Waals surface area contributed by atoms with Crippen LogP contribution in [0.5, 0.6) is 11.5 Å². The summed E-state index contributed by atoms with van der Waals surface area (Å²) in [5.74, 6) is -1.49. The van der Waals surface area contributed by atoms with Crippen molar-refractivity contribution >= 4 is 0 Å². The average molecular weight is 419 g/mol. The van der Waals surface area contributed by atoms with Crippen LogP contribution < -0.4 is 26.5 Å². The van der Waals surface area contributed by atoms with E-state index in [2.05, 4.69) is 9.47 Å². The van der Waals surface area contributed by atoms with Gasteiger partial charge in [0.1, 0.15) is 0 Å². The van der Waals surface area contributed by atoms with Crippen molar-refractivity contribution in [2.75, 3.05) is 0 Å². The molecule has 0 N–H and O–H groups in total. The quantitative estimate of drug-likeness (QED) is 0.692. The third-order valence-corrected chi connectivity index (χ3v) is 4.05. The van der Waals surface area contributed by atoms with Crippen LogP contribution in [0.3, 0.4) is 0 Å². The summed E-state index contributed by atoms with van der Waals surface area (Å²) in [7, 11) is 1.15. The highest BCUT2D eigenvalue weighted by molar-refractivity contribution is 5.50. The molecule has 0 saturated heterocycles. The monoisotopic (exact) mass is 419 g/mol. The van der Waals surface area contributed by atoms with E-state index in [1.165, 1.54) is 0 Å². The van der Waals surface area contributed by atoms with Crippen LogP contribution in [0.2, 0.25) is 0 Å². The highest BCUT2D eigenvalue weighted by atomic mass is 19.3. The summed E-state index contributed by atoms with van der Waals surface area (Å²) in [6.45, 7) is 5.26. The fourth-order valence-corrected chi connectivity index (χ4v) is 2.72. The molecule has 12 heteroatoms. The van der Waals surface area contributed by atoms with E-state index in [9.17, 15) is 31.9 Å². The molecule has 0 fully saturated rings. The smallest absolute Gasteiger partial charge is 0.421 e. The zero-order chi connectivity index (χ0) is 21.9. The molecule has 0 spiro atoms. The molecule has 1 aliphatic heterocycles. The van der Waals surface area contributed by atoms with Gasteiger partial charge in [-0.2, -0.15) is 17.6 Å². The maximum absolute atomic E-state index is 13.4. The summed E-state index contributed by atoms with van der Waals surface area (Å²) in [5, 5.41) is 0. The molecule has 0 radical (unpaired) electrons. The van der Waals surface area contributed by atoms with Gasteiger partial charge in [-0.15, -0.1) is 0 Å². The van der Waals surface area contributed by atoms with Crippen molar-refractivity contribution in [3.63, 3.8) is 0 Å². The van der Waals surface area contributed by atoms with E-state index in [4.69, 9.17) is 0 Å². The summed E-state index contributed by atoms with van der Waals surface area (Å²) in [6, 6.07) is 2.68. The van der Waals surface area contributed by atoms with Crippen molar-refractivity contribution < 1.29 is 27.0 Å². The molecule has 8 nitrogen and oxygen atoms in total. The molecule has 2 aromatic rings. The van der Waals surface area contributed by atoms with Gasteiger partial charge in [0.25, 0.3) is 0 Å². The highest BCUT2D eigenvalue weighted by Crippen LogP contribution is 2.47. The number of fused-ring (bicyclic) bond motifs is 1. The largest absolute Gasteiger partial charge is 0.507 e. The Morgan fingerprint density at radius 2 is 1.45 bits per heavy atom. The number of halogens is 4. The molecule has 0 atom stereocenters. The first-order valence-electron chi connectivity index (χ1n) is 8.36. The minimum absolute atomic E-state index is 0.0341. The van der Waals surface area contributed by atoms with Gasteiger partial charge in [-0.05, 0) is 17.5 Å². The number of hydrogen-bond donors (Lipinski definition) is 0. The lowest BCUT2D eigenvalue weighted by molar-refractivity contribution is -0.391. The molecule has 3 rings (SSSR count). The number of hydrogen-bond acceptors (Lipinski definition) is 5. The van der Waals surface area contributed by atoms with Gasteiger partial charge in [0.15, 0.2) is 11.5 Å². The van der Waals surface area contributed by atoms with Gasteiger partial charge in [-0.25, -0.2) is 28.1 Å². The molecular weight excluding hydrogens is 402 g/mol. The Kier molecular flexibility index (Phi) is 4.44. The Bertz CT molecular complexity index is 1160. The molecule has 2 heterocycles. The predicted molar refractivity (Wildman–Crippen MR) is 92.1 cm³/mol. The summed E-state index contributed by atoms with van der Waals surface area (Å²) in [4.78, 5) is 37.7. The van der Waals surface area contributed by atoms with Gasteiger partial charge >= 0.3 is 29.3 Å². The second kappa shape index (κ2) is 6.22. The minimum atomic E-state index is -4.96. The molecule has 158 valence electrons. The van der Waals surface area contributed by atoms with Crippen LogP contribution in [0.1, 0.15) is 20.8 Å². The van der Waals surface area contributed by atoms with E-state index in [-0.39, 0.29) is 12.2 Å².